The van der Waals surface area contributed by atoms with Crippen molar-refractivity contribution < 1.29 is 4.42 Å². The normalized spacial score (nSPS) is 12.5. The van der Waals surface area contributed by atoms with Crippen LogP contribution in [0.2, 0.25) is 0 Å². The summed E-state index contributed by atoms with van der Waals surface area (Å²) in [6.07, 6.45) is 0. The van der Waals surface area contributed by atoms with Gasteiger partial charge in [-0.15, -0.1) is 0 Å². The zero-order chi connectivity index (χ0) is 45.7. The lowest BCUT2D eigenvalue weighted by molar-refractivity contribution is 0.669. The third kappa shape index (κ3) is 6.88. The van der Waals surface area contributed by atoms with Crippen molar-refractivity contribution in [1.29, 1.82) is 0 Å². The molecule has 2 nitrogen and oxygen atoms in total. The Morgan fingerprint density at radius 3 is 1.33 bits per heavy atom. The molecule has 1 aliphatic rings. The average Bonchev–Trinajstić information content (AvgIpc) is 3.96. The van der Waals surface area contributed by atoms with Gasteiger partial charge in [-0.2, -0.15) is 0 Å². The van der Waals surface area contributed by atoms with E-state index in [-0.39, 0.29) is 0 Å². The Kier molecular flexibility index (Phi) is 9.77. The van der Waals surface area contributed by atoms with Gasteiger partial charge in [-0.25, -0.2) is 0 Å². The zero-order valence-electron chi connectivity index (χ0n) is 37.8. The van der Waals surface area contributed by atoms with E-state index in [2.05, 4.69) is 266 Å². The van der Waals surface area contributed by atoms with Crippen LogP contribution in [0.3, 0.4) is 0 Å². The Bertz CT molecular complexity index is 3710. The quantitative estimate of drug-likeness (QED) is 0.144. The topological polar surface area (TPSA) is 16.4 Å². The van der Waals surface area contributed by atoms with Crippen molar-refractivity contribution in [3.8, 4) is 55.6 Å². The monoisotopic (exact) mass is 879 g/mol. The van der Waals surface area contributed by atoms with Gasteiger partial charge in [-0.1, -0.05) is 200 Å². The lowest BCUT2D eigenvalue weighted by Crippen LogP contribution is -2.28. The number of hydrogen-bond acceptors (Lipinski definition) is 2. The van der Waals surface area contributed by atoms with Crippen LogP contribution in [-0.2, 0) is 5.41 Å². The van der Waals surface area contributed by atoms with Crippen molar-refractivity contribution in [2.75, 3.05) is 4.90 Å². The smallest absolute Gasteiger partial charge is 0.135 e. The Labute approximate surface area is 402 Å². The van der Waals surface area contributed by atoms with Crippen LogP contribution in [0.1, 0.15) is 22.3 Å². The summed E-state index contributed by atoms with van der Waals surface area (Å²) in [6, 6.07) is 99.3. The molecule has 69 heavy (non-hydrogen) atoms. The SMILES string of the molecule is c1ccc(-c2cc(-c3ccccc3)cc(-c3ccc(N(c4ccc(C5(c6ccccc6)c6ccccc6-c6ccccc65)cc4)c4cccc(-c5ccc6oc7ccccc7c6c5)c4)cc3)c2)cc1. The minimum absolute atomic E-state index is 0.484. The summed E-state index contributed by atoms with van der Waals surface area (Å²) in [5.74, 6) is 0. The summed E-state index contributed by atoms with van der Waals surface area (Å²) in [4.78, 5) is 2.39. The molecule has 0 spiro atoms. The zero-order valence-corrected chi connectivity index (χ0v) is 37.8. The van der Waals surface area contributed by atoms with Gasteiger partial charge in [-0.3, -0.25) is 0 Å². The fourth-order valence-electron chi connectivity index (χ4n) is 10.9. The molecule has 0 N–H and O–H groups in total. The van der Waals surface area contributed by atoms with E-state index in [0.717, 1.165) is 55.7 Å². The molecule has 0 saturated carbocycles. The minimum Gasteiger partial charge on any atom is -0.456 e. The van der Waals surface area contributed by atoms with Gasteiger partial charge >= 0.3 is 0 Å². The van der Waals surface area contributed by atoms with Crippen molar-refractivity contribution in [1.82, 2.24) is 0 Å². The van der Waals surface area contributed by atoms with E-state index in [1.165, 1.54) is 61.2 Å². The fourth-order valence-corrected chi connectivity index (χ4v) is 10.9. The van der Waals surface area contributed by atoms with Gasteiger partial charge in [0, 0.05) is 27.8 Å². The molecule has 11 aromatic carbocycles. The Hall–Kier alpha value is -8.98. The molecule has 0 saturated heterocycles. The predicted octanol–water partition coefficient (Wildman–Crippen LogP) is 18.1. The second-order valence-electron chi connectivity index (χ2n) is 18.0. The highest BCUT2D eigenvalue weighted by atomic mass is 16.3. The van der Waals surface area contributed by atoms with E-state index in [1.807, 2.05) is 12.1 Å². The molecule has 0 atom stereocenters. The first-order chi connectivity index (χ1) is 34.2. The first-order valence-electron chi connectivity index (χ1n) is 23.7. The molecule has 1 aliphatic carbocycles. The molecule has 324 valence electrons. The second-order valence-corrected chi connectivity index (χ2v) is 18.0. The predicted molar refractivity (Wildman–Crippen MR) is 287 cm³/mol. The summed E-state index contributed by atoms with van der Waals surface area (Å²) < 4.78 is 6.23. The van der Waals surface area contributed by atoms with Gasteiger partial charge in [0.15, 0.2) is 0 Å². The lowest BCUT2D eigenvalue weighted by atomic mass is 9.68. The van der Waals surface area contributed by atoms with Gasteiger partial charge < -0.3 is 9.32 Å². The second kappa shape index (κ2) is 16.7. The summed E-state index contributed by atoms with van der Waals surface area (Å²) in [5.41, 5.74) is 21.5. The van der Waals surface area contributed by atoms with Gasteiger partial charge in [0.25, 0.3) is 0 Å². The van der Waals surface area contributed by atoms with Crippen molar-refractivity contribution in [3.63, 3.8) is 0 Å². The Morgan fingerprint density at radius 1 is 0.261 bits per heavy atom. The minimum atomic E-state index is -0.484. The first-order valence-corrected chi connectivity index (χ1v) is 23.7. The number of fused-ring (bicyclic) bond motifs is 6. The molecular formula is C67H45NO. The number of nitrogens with zero attached hydrogens (tertiary/aromatic N) is 1. The standard InChI is InChI=1S/C67H45NO/c1-4-17-46(18-5-1)51-41-52(47-19-6-2-7-20-47)43-53(42-51)48-31-36-56(37-32-48)68(58-24-16-21-49(44-58)50-33-40-66-62(45-50)61-27-12-15-30-65(61)69-66)57-38-34-55(35-39-57)67(54-22-8-3-9-23-54)63-28-13-10-25-59(63)60-26-11-14-29-64(60)67/h1-45H. The molecular weight excluding hydrogens is 835 g/mol. The molecule has 0 fully saturated rings. The molecule has 0 radical (unpaired) electrons. The number of rotatable bonds is 9. The van der Waals surface area contributed by atoms with Crippen LogP contribution in [0, 0.1) is 0 Å². The fraction of sp³-hybridized carbons (Fsp3) is 0.0149. The van der Waals surface area contributed by atoms with Gasteiger partial charge in [0.1, 0.15) is 11.2 Å². The highest BCUT2D eigenvalue weighted by Crippen LogP contribution is 2.56. The maximum absolute atomic E-state index is 6.23. The highest BCUT2D eigenvalue weighted by molar-refractivity contribution is 6.06. The maximum Gasteiger partial charge on any atom is 0.135 e. The van der Waals surface area contributed by atoms with Crippen LogP contribution in [0.25, 0.3) is 77.6 Å². The van der Waals surface area contributed by atoms with Gasteiger partial charge in [0.05, 0.1) is 5.41 Å². The average molecular weight is 880 g/mol. The number of benzene rings is 11. The van der Waals surface area contributed by atoms with Crippen LogP contribution >= 0.6 is 0 Å². The number of anilines is 3. The summed E-state index contributed by atoms with van der Waals surface area (Å²) >= 11 is 0. The lowest BCUT2D eigenvalue weighted by Gasteiger charge is -2.34. The van der Waals surface area contributed by atoms with Crippen molar-refractivity contribution >= 4 is 39.0 Å². The molecule has 0 aliphatic heterocycles. The van der Waals surface area contributed by atoms with Gasteiger partial charge in [-0.05, 0) is 151 Å². The molecule has 0 unspecified atom stereocenters. The van der Waals surface area contributed by atoms with E-state index in [4.69, 9.17) is 4.42 Å². The molecule has 1 heterocycles. The summed E-state index contributed by atoms with van der Waals surface area (Å²) in [6.45, 7) is 0. The molecule has 12 aromatic rings. The number of furan rings is 1. The Morgan fingerprint density at radius 2 is 0.710 bits per heavy atom. The number of para-hydroxylation sites is 1. The first kappa shape index (κ1) is 40.3. The molecule has 0 amide bonds. The third-order valence-corrected chi connectivity index (χ3v) is 14.1. The molecule has 13 rings (SSSR count). The summed E-state index contributed by atoms with van der Waals surface area (Å²) in [5, 5.41) is 2.24. The third-order valence-electron chi connectivity index (χ3n) is 14.1. The van der Waals surface area contributed by atoms with E-state index in [1.54, 1.807) is 0 Å². The maximum atomic E-state index is 6.23. The van der Waals surface area contributed by atoms with E-state index >= 15 is 0 Å². The van der Waals surface area contributed by atoms with Crippen molar-refractivity contribution in [2.45, 2.75) is 5.41 Å². The van der Waals surface area contributed by atoms with Gasteiger partial charge in [0.2, 0.25) is 0 Å². The van der Waals surface area contributed by atoms with E-state index in [9.17, 15) is 0 Å². The van der Waals surface area contributed by atoms with Crippen molar-refractivity contribution in [3.05, 3.63) is 295 Å². The van der Waals surface area contributed by atoms with Crippen LogP contribution in [0.5, 0.6) is 0 Å². The van der Waals surface area contributed by atoms with Crippen LogP contribution < -0.4 is 4.90 Å². The largest absolute Gasteiger partial charge is 0.456 e. The number of hydrogen-bond donors (Lipinski definition) is 0. The van der Waals surface area contributed by atoms with E-state index < -0.39 is 5.41 Å². The highest BCUT2D eigenvalue weighted by Gasteiger charge is 2.45. The van der Waals surface area contributed by atoms with Crippen LogP contribution in [0.4, 0.5) is 17.1 Å². The molecule has 1 aromatic heterocycles. The van der Waals surface area contributed by atoms with E-state index in [0.29, 0.717) is 0 Å². The van der Waals surface area contributed by atoms with Crippen LogP contribution in [-0.4, -0.2) is 0 Å². The van der Waals surface area contributed by atoms with Crippen molar-refractivity contribution in [2.24, 2.45) is 0 Å². The van der Waals surface area contributed by atoms with Crippen LogP contribution in [0.15, 0.2) is 277 Å². The molecule has 0 bridgehead atoms. The molecule has 2 heteroatoms. The summed E-state index contributed by atoms with van der Waals surface area (Å²) in [7, 11) is 0. The Balaban J connectivity index is 0.954.